The van der Waals surface area contributed by atoms with Crippen molar-refractivity contribution in [2.45, 2.75) is 39.2 Å². The third kappa shape index (κ3) is 2.58. The molecule has 0 saturated heterocycles. The van der Waals surface area contributed by atoms with Gasteiger partial charge >= 0.3 is 0 Å². The molecule has 0 amide bonds. The second-order valence-electron chi connectivity index (χ2n) is 4.45. The average Bonchev–Trinajstić information content (AvgIpc) is 2.02. The SMILES string of the molecule is CC(C)c1cc(C(C)(C)O)ccc1Br. The van der Waals surface area contributed by atoms with E-state index in [-0.39, 0.29) is 0 Å². The molecule has 78 valence electrons. The molecule has 0 heterocycles. The Morgan fingerprint density at radius 3 is 2.29 bits per heavy atom. The van der Waals surface area contributed by atoms with E-state index in [1.165, 1.54) is 5.56 Å². The van der Waals surface area contributed by atoms with E-state index < -0.39 is 5.60 Å². The molecular weight excluding hydrogens is 240 g/mol. The molecule has 0 aliphatic heterocycles. The summed E-state index contributed by atoms with van der Waals surface area (Å²) in [5.41, 5.74) is 1.44. The van der Waals surface area contributed by atoms with Gasteiger partial charge < -0.3 is 5.11 Å². The predicted molar refractivity (Wildman–Crippen MR) is 63.5 cm³/mol. The first-order valence-electron chi connectivity index (χ1n) is 4.84. The predicted octanol–water partition coefficient (Wildman–Crippen LogP) is 3.80. The lowest BCUT2D eigenvalue weighted by molar-refractivity contribution is 0.0785. The lowest BCUT2D eigenvalue weighted by atomic mass is 9.93. The fourth-order valence-electron chi connectivity index (χ4n) is 1.37. The lowest BCUT2D eigenvalue weighted by Crippen LogP contribution is -2.15. The molecule has 0 bridgehead atoms. The molecule has 1 rings (SSSR count). The van der Waals surface area contributed by atoms with Gasteiger partial charge in [-0.25, -0.2) is 0 Å². The topological polar surface area (TPSA) is 20.2 Å². The van der Waals surface area contributed by atoms with Gasteiger partial charge in [0.25, 0.3) is 0 Å². The molecule has 14 heavy (non-hydrogen) atoms. The molecule has 0 radical (unpaired) electrons. The quantitative estimate of drug-likeness (QED) is 0.854. The van der Waals surface area contributed by atoms with E-state index >= 15 is 0 Å². The van der Waals surface area contributed by atoms with E-state index in [0.717, 1.165) is 10.0 Å². The average molecular weight is 257 g/mol. The number of hydrogen-bond donors (Lipinski definition) is 1. The zero-order chi connectivity index (χ0) is 10.9. The monoisotopic (exact) mass is 256 g/mol. The third-order valence-electron chi connectivity index (χ3n) is 2.32. The van der Waals surface area contributed by atoms with Crippen LogP contribution < -0.4 is 0 Å². The molecule has 0 spiro atoms. The summed E-state index contributed by atoms with van der Waals surface area (Å²) in [4.78, 5) is 0. The maximum absolute atomic E-state index is 9.87. The molecule has 0 aliphatic carbocycles. The van der Waals surface area contributed by atoms with Crippen LogP contribution in [0.3, 0.4) is 0 Å². The minimum absolute atomic E-state index is 0.465. The van der Waals surface area contributed by atoms with Crippen molar-refractivity contribution >= 4 is 15.9 Å². The maximum Gasteiger partial charge on any atom is 0.0840 e. The number of hydrogen-bond acceptors (Lipinski definition) is 1. The molecule has 0 atom stereocenters. The van der Waals surface area contributed by atoms with E-state index in [1.807, 2.05) is 12.1 Å². The van der Waals surface area contributed by atoms with Gasteiger partial charge in [0.15, 0.2) is 0 Å². The first-order valence-corrected chi connectivity index (χ1v) is 5.64. The largest absolute Gasteiger partial charge is 0.386 e. The van der Waals surface area contributed by atoms with Crippen molar-refractivity contribution < 1.29 is 5.11 Å². The Labute approximate surface area is 94.3 Å². The van der Waals surface area contributed by atoms with Crippen molar-refractivity contribution in [2.75, 3.05) is 0 Å². The second-order valence-corrected chi connectivity index (χ2v) is 5.30. The highest BCUT2D eigenvalue weighted by atomic mass is 79.9. The number of aliphatic hydroxyl groups is 1. The zero-order valence-corrected chi connectivity index (χ0v) is 10.7. The fourth-order valence-corrected chi connectivity index (χ4v) is 2.07. The number of benzene rings is 1. The van der Waals surface area contributed by atoms with Crippen LogP contribution in [-0.2, 0) is 5.60 Å². The summed E-state index contributed by atoms with van der Waals surface area (Å²) in [6.07, 6.45) is 0. The highest BCUT2D eigenvalue weighted by molar-refractivity contribution is 9.10. The lowest BCUT2D eigenvalue weighted by Gasteiger charge is -2.20. The molecular formula is C12H17BrO. The molecule has 1 aromatic rings. The number of halogens is 1. The van der Waals surface area contributed by atoms with Crippen molar-refractivity contribution in [1.82, 2.24) is 0 Å². The maximum atomic E-state index is 9.87. The highest BCUT2D eigenvalue weighted by Crippen LogP contribution is 2.29. The van der Waals surface area contributed by atoms with Crippen molar-refractivity contribution in [2.24, 2.45) is 0 Å². The summed E-state index contributed by atoms with van der Waals surface area (Å²) in [5, 5.41) is 9.87. The van der Waals surface area contributed by atoms with E-state index in [9.17, 15) is 5.11 Å². The smallest absolute Gasteiger partial charge is 0.0840 e. The van der Waals surface area contributed by atoms with Gasteiger partial charge in [0.2, 0.25) is 0 Å². The summed E-state index contributed by atoms with van der Waals surface area (Å²) in [7, 11) is 0. The molecule has 1 nitrogen and oxygen atoms in total. The van der Waals surface area contributed by atoms with Gasteiger partial charge in [0.05, 0.1) is 5.60 Å². The standard InChI is InChI=1S/C12H17BrO/c1-8(2)10-7-9(12(3,4)14)5-6-11(10)13/h5-8,14H,1-4H3. The summed E-state index contributed by atoms with van der Waals surface area (Å²) in [6.45, 7) is 7.91. The van der Waals surface area contributed by atoms with Crippen LogP contribution in [0.5, 0.6) is 0 Å². The Balaban J connectivity index is 3.20. The van der Waals surface area contributed by atoms with Crippen LogP contribution in [0.15, 0.2) is 22.7 Å². The van der Waals surface area contributed by atoms with Gasteiger partial charge in [-0.15, -0.1) is 0 Å². The Morgan fingerprint density at radius 1 is 1.29 bits per heavy atom. The van der Waals surface area contributed by atoms with Gasteiger partial charge in [-0.05, 0) is 37.0 Å². The summed E-state index contributed by atoms with van der Waals surface area (Å²) in [6, 6.07) is 6.02. The van der Waals surface area contributed by atoms with E-state index in [4.69, 9.17) is 0 Å². The minimum Gasteiger partial charge on any atom is -0.386 e. The Morgan fingerprint density at radius 2 is 1.86 bits per heavy atom. The summed E-state index contributed by atoms with van der Waals surface area (Å²) in [5.74, 6) is 0.465. The van der Waals surface area contributed by atoms with Gasteiger partial charge in [-0.2, -0.15) is 0 Å². The Bertz CT molecular complexity index is 324. The van der Waals surface area contributed by atoms with E-state index in [1.54, 1.807) is 13.8 Å². The minimum atomic E-state index is -0.760. The second kappa shape index (κ2) is 4.03. The zero-order valence-electron chi connectivity index (χ0n) is 9.13. The van der Waals surface area contributed by atoms with E-state index in [2.05, 4.69) is 35.8 Å². The molecule has 0 aliphatic rings. The third-order valence-corrected chi connectivity index (χ3v) is 3.05. The van der Waals surface area contributed by atoms with Crippen LogP contribution in [-0.4, -0.2) is 5.11 Å². The normalized spacial score (nSPS) is 12.2. The van der Waals surface area contributed by atoms with Crippen molar-refractivity contribution in [1.29, 1.82) is 0 Å². The van der Waals surface area contributed by atoms with Crippen molar-refractivity contribution in [3.63, 3.8) is 0 Å². The molecule has 0 fully saturated rings. The summed E-state index contributed by atoms with van der Waals surface area (Å²) >= 11 is 3.52. The fraction of sp³-hybridized carbons (Fsp3) is 0.500. The van der Waals surface area contributed by atoms with Crippen LogP contribution in [0.25, 0.3) is 0 Å². The van der Waals surface area contributed by atoms with Crippen LogP contribution in [0.4, 0.5) is 0 Å². The Hall–Kier alpha value is -0.340. The summed E-state index contributed by atoms with van der Waals surface area (Å²) < 4.78 is 1.11. The van der Waals surface area contributed by atoms with E-state index in [0.29, 0.717) is 5.92 Å². The first kappa shape index (κ1) is 11.7. The van der Waals surface area contributed by atoms with Crippen LogP contribution in [0, 0.1) is 0 Å². The molecule has 0 aromatic heterocycles. The Kier molecular flexibility index (Phi) is 3.38. The van der Waals surface area contributed by atoms with Crippen molar-refractivity contribution in [3.8, 4) is 0 Å². The molecule has 1 N–H and O–H groups in total. The van der Waals surface area contributed by atoms with Gasteiger partial charge in [0.1, 0.15) is 0 Å². The van der Waals surface area contributed by atoms with Crippen LogP contribution in [0.1, 0.15) is 44.7 Å². The highest BCUT2D eigenvalue weighted by Gasteiger charge is 2.17. The van der Waals surface area contributed by atoms with Crippen LogP contribution in [0.2, 0.25) is 0 Å². The molecule has 0 saturated carbocycles. The van der Waals surface area contributed by atoms with Gasteiger partial charge in [-0.1, -0.05) is 41.9 Å². The molecule has 2 heteroatoms. The van der Waals surface area contributed by atoms with Crippen LogP contribution >= 0.6 is 15.9 Å². The molecule has 0 unspecified atom stereocenters. The molecule has 1 aromatic carbocycles. The van der Waals surface area contributed by atoms with Crippen molar-refractivity contribution in [3.05, 3.63) is 33.8 Å². The first-order chi connectivity index (χ1) is 6.32. The van der Waals surface area contributed by atoms with Gasteiger partial charge in [-0.3, -0.25) is 0 Å². The van der Waals surface area contributed by atoms with Gasteiger partial charge in [0, 0.05) is 4.47 Å². The number of rotatable bonds is 2.